The summed E-state index contributed by atoms with van der Waals surface area (Å²) in [6, 6.07) is 4.11. The molecule has 1 N–H and O–H groups in total. The molecular formula is C18H22N4O2S. The molecule has 6 nitrogen and oxygen atoms in total. The fraction of sp³-hybridized carbons (Fsp3) is 0.500. The normalized spacial score (nSPS) is 26.1. The number of carbonyl (C=O) groups excluding carboxylic acids is 1. The Bertz CT molecular complexity index is 709. The number of anilines is 1. The van der Waals surface area contributed by atoms with E-state index in [0.29, 0.717) is 25.5 Å². The molecule has 0 bridgehead atoms. The van der Waals surface area contributed by atoms with E-state index in [1.807, 2.05) is 27.8 Å². The van der Waals surface area contributed by atoms with E-state index in [4.69, 9.17) is 4.74 Å². The predicted molar refractivity (Wildman–Crippen MR) is 96.6 cm³/mol. The zero-order valence-corrected chi connectivity index (χ0v) is 14.9. The maximum absolute atomic E-state index is 12.6. The molecule has 2 atom stereocenters. The molecule has 0 radical (unpaired) electrons. The first-order valence-electron chi connectivity index (χ1n) is 8.69. The molecule has 0 saturated carbocycles. The Morgan fingerprint density at radius 2 is 2.32 bits per heavy atom. The lowest BCUT2D eigenvalue weighted by molar-refractivity contribution is -0.132. The molecule has 2 aliphatic heterocycles. The summed E-state index contributed by atoms with van der Waals surface area (Å²) in [4.78, 5) is 23.0. The van der Waals surface area contributed by atoms with Gasteiger partial charge in [-0.1, -0.05) is 0 Å². The molecule has 1 amide bonds. The van der Waals surface area contributed by atoms with Crippen LogP contribution in [0.4, 0.5) is 5.95 Å². The van der Waals surface area contributed by atoms with E-state index >= 15 is 0 Å². The second kappa shape index (κ2) is 7.09. The zero-order chi connectivity index (χ0) is 17.1. The van der Waals surface area contributed by atoms with Gasteiger partial charge in [0, 0.05) is 38.1 Å². The molecule has 0 aliphatic carbocycles. The van der Waals surface area contributed by atoms with Crippen molar-refractivity contribution in [2.24, 2.45) is 0 Å². The minimum absolute atomic E-state index is 0.195. The van der Waals surface area contributed by atoms with E-state index in [9.17, 15) is 4.79 Å². The monoisotopic (exact) mass is 358 g/mol. The number of nitrogens with zero attached hydrogens (tertiary/aromatic N) is 3. The van der Waals surface area contributed by atoms with Gasteiger partial charge in [-0.05, 0) is 47.7 Å². The highest BCUT2D eigenvalue weighted by Gasteiger charge is 2.44. The number of nitrogens with one attached hydrogen (secondary N) is 1. The first kappa shape index (κ1) is 16.5. The SMILES string of the molecule is O=C(Cc1ccsc1)N1CC[C@]2(C[C@H](Nc3ncccn3)CCO2)C1. The Morgan fingerprint density at radius 1 is 1.44 bits per heavy atom. The Hall–Kier alpha value is -1.99. The van der Waals surface area contributed by atoms with Gasteiger partial charge in [0.15, 0.2) is 0 Å². The van der Waals surface area contributed by atoms with Crippen LogP contribution in [0, 0.1) is 0 Å². The van der Waals surface area contributed by atoms with Crippen molar-refractivity contribution < 1.29 is 9.53 Å². The van der Waals surface area contributed by atoms with Crippen LogP contribution < -0.4 is 5.32 Å². The van der Waals surface area contributed by atoms with E-state index < -0.39 is 0 Å². The van der Waals surface area contributed by atoms with Crippen LogP contribution in [0.2, 0.25) is 0 Å². The van der Waals surface area contributed by atoms with Crippen LogP contribution in [0.15, 0.2) is 35.3 Å². The molecule has 0 unspecified atom stereocenters. The molecule has 4 rings (SSSR count). The molecule has 1 spiro atoms. The standard InChI is InChI=1S/C18H22N4O2S/c23-16(10-14-3-9-25-12-14)22-7-4-18(13-22)11-15(2-8-24-18)21-17-19-5-1-6-20-17/h1,3,5-6,9,12,15H,2,4,7-8,10-11,13H2,(H,19,20,21)/t15-,18+/m1/s1. The second-order valence-electron chi connectivity index (χ2n) is 6.81. The second-order valence-corrected chi connectivity index (χ2v) is 7.59. The molecule has 25 heavy (non-hydrogen) atoms. The van der Waals surface area contributed by atoms with E-state index in [1.165, 1.54) is 0 Å². The molecule has 4 heterocycles. The molecule has 0 aromatic carbocycles. The van der Waals surface area contributed by atoms with Gasteiger partial charge in [-0.2, -0.15) is 11.3 Å². The first-order valence-corrected chi connectivity index (χ1v) is 9.63. The van der Waals surface area contributed by atoms with Crippen LogP contribution in [-0.4, -0.2) is 52.1 Å². The smallest absolute Gasteiger partial charge is 0.227 e. The summed E-state index contributed by atoms with van der Waals surface area (Å²) in [5.41, 5.74) is 0.871. The summed E-state index contributed by atoms with van der Waals surface area (Å²) in [7, 11) is 0. The van der Waals surface area contributed by atoms with E-state index in [0.717, 1.165) is 31.4 Å². The quantitative estimate of drug-likeness (QED) is 0.909. The maximum Gasteiger partial charge on any atom is 0.227 e. The Labute approximate surface area is 151 Å². The van der Waals surface area contributed by atoms with Gasteiger partial charge in [0.05, 0.1) is 12.0 Å². The van der Waals surface area contributed by atoms with Gasteiger partial charge in [-0.3, -0.25) is 4.79 Å². The van der Waals surface area contributed by atoms with Crippen LogP contribution in [0.1, 0.15) is 24.8 Å². The highest BCUT2D eigenvalue weighted by Crippen LogP contribution is 2.35. The Morgan fingerprint density at radius 3 is 3.12 bits per heavy atom. The number of amides is 1. The topological polar surface area (TPSA) is 67.4 Å². The maximum atomic E-state index is 12.6. The van der Waals surface area contributed by atoms with Gasteiger partial charge in [0.25, 0.3) is 0 Å². The molecule has 2 fully saturated rings. The summed E-state index contributed by atoms with van der Waals surface area (Å²) in [6.07, 6.45) is 6.68. The fourth-order valence-electron chi connectivity index (χ4n) is 3.73. The molecule has 7 heteroatoms. The summed E-state index contributed by atoms with van der Waals surface area (Å²) in [5, 5.41) is 7.46. The predicted octanol–water partition coefficient (Wildman–Crippen LogP) is 2.34. The van der Waals surface area contributed by atoms with E-state index in [2.05, 4.69) is 15.3 Å². The van der Waals surface area contributed by atoms with Crippen molar-refractivity contribution in [1.29, 1.82) is 0 Å². The average Bonchev–Trinajstić information content (AvgIpc) is 3.26. The van der Waals surface area contributed by atoms with Crippen LogP contribution >= 0.6 is 11.3 Å². The van der Waals surface area contributed by atoms with Crippen molar-refractivity contribution >= 4 is 23.2 Å². The van der Waals surface area contributed by atoms with Crippen molar-refractivity contribution in [3.05, 3.63) is 40.8 Å². The van der Waals surface area contributed by atoms with Gasteiger partial charge in [-0.15, -0.1) is 0 Å². The number of aromatic nitrogens is 2. The first-order chi connectivity index (χ1) is 12.2. The number of hydrogen-bond acceptors (Lipinski definition) is 6. The lowest BCUT2D eigenvalue weighted by atomic mass is 9.89. The highest BCUT2D eigenvalue weighted by molar-refractivity contribution is 7.08. The third-order valence-electron chi connectivity index (χ3n) is 5.00. The summed E-state index contributed by atoms with van der Waals surface area (Å²) >= 11 is 1.63. The average molecular weight is 358 g/mol. The van der Waals surface area contributed by atoms with Crippen LogP contribution in [0.25, 0.3) is 0 Å². The molecule has 2 aromatic heterocycles. The largest absolute Gasteiger partial charge is 0.373 e. The number of likely N-dealkylation sites (tertiary alicyclic amines) is 1. The lowest BCUT2D eigenvalue weighted by Crippen LogP contribution is -2.47. The third-order valence-corrected chi connectivity index (χ3v) is 5.73. The van der Waals surface area contributed by atoms with Crippen molar-refractivity contribution in [3.8, 4) is 0 Å². The van der Waals surface area contributed by atoms with Crippen molar-refractivity contribution in [2.45, 2.75) is 37.3 Å². The molecule has 2 aliphatic rings. The molecule has 2 aromatic rings. The van der Waals surface area contributed by atoms with Crippen LogP contribution in [0.5, 0.6) is 0 Å². The molecule has 132 valence electrons. The van der Waals surface area contributed by atoms with Gasteiger partial charge in [0.2, 0.25) is 11.9 Å². The van der Waals surface area contributed by atoms with Crippen LogP contribution in [-0.2, 0) is 16.0 Å². The lowest BCUT2D eigenvalue weighted by Gasteiger charge is -2.38. The number of ether oxygens (including phenoxy) is 1. The molecular weight excluding hydrogens is 336 g/mol. The minimum atomic E-state index is -0.227. The number of rotatable bonds is 4. The third kappa shape index (κ3) is 3.82. The number of hydrogen-bond donors (Lipinski definition) is 1. The Kier molecular flexibility index (Phi) is 4.67. The van der Waals surface area contributed by atoms with Gasteiger partial charge < -0.3 is 15.0 Å². The van der Waals surface area contributed by atoms with Crippen LogP contribution in [0.3, 0.4) is 0 Å². The fourth-order valence-corrected chi connectivity index (χ4v) is 4.40. The summed E-state index contributed by atoms with van der Waals surface area (Å²) in [5.74, 6) is 0.855. The summed E-state index contributed by atoms with van der Waals surface area (Å²) in [6.45, 7) is 2.17. The van der Waals surface area contributed by atoms with Gasteiger partial charge in [-0.25, -0.2) is 9.97 Å². The zero-order valence-electron chi connectivity index (χ0n) is 14.1. The van der Waals surface area contributed by atoms with Crippen molar-refractivity contribution in [2.75, 3.05) is 25.0 Å². The van der Waals surface area contributed by atoms with Crippen molar-refractivity contribution in [3.63, 3.8) is 0 Å². The summed E-state index contributed by atoms with van der Waals surface area (Å²) < 4.78 is 6.14. The van der Waals surface area contributed by atoms with Gasteiger partial charge in [0.1, 0.15) is 0 Å². The minimum Gasteiger partial charge on any atom is -0.373 e. The number of thiophene rings is 1. The van der Waals surface area contributed by atoms with E-state index in [1.54, 1.807) is 23.7 Å². The number of carbonyl (C=O) groups is 1. The Balaban J connectivity index is 1.36. The van der Waals surface area contributed by atoms with Gasteiger partial charge >= 0.3 is 0 Å². The van der Waals surface area contributed by atoms with E-state index in [-0.39, 0.29) is 17.6 Å². The van der Waals surface area contributed by atoms with Crippen molar-refractivity contribution in [1.82, 2.24) is 14.9 Å². The molecule has 2 saturated heterocycles. The highest BCUT2D eigenvalue weighted by atomic mass is 32.1.